The van der Waals surface area contributed by atoms with E-state index < -0.39 is 10.0 Å². The fraction of sp³-hybridized carbons (Fsp3) is 0.118. The van der Waals surface area contributed by atoms with Crippen molar-refractivity contribution in [1.29, 1.82) is 0 Å². The number of benzene rings is 5. The van der Waals surface area contributed by atoms with Crippen LogP contribution in [0.25, 0.3) is 38.6 Å². The van der Waals surface area contributed by atoms with Crippen molar-refractivity contribution in [1.82, 2.24) is 4.57 Å². The third kappa shape index (κ3) is 4.31. The average molecular weight is 547 g/mol. The molecule has 0 unspecified atom stereocenters. The van der Waals surface area contributed by atoms with E-state index in [9.17, 15) is 8.42 Å². The first-order chi connectivity index (χ1) is 19.3. The van der Waals surface area contributed by atoms with Gasteiger partial charge in [0, 0.05) is 16.3 Å². The second kappa shape index (κ2) is 9.88. The zero-order chi connectivity index (χ0) is 28.0. The molecule has 0 saturated heterocycles. The van der Waals surface area contributed by atoms with Crippen LogP contribution in [0.2, 0.25) is 0 Å². The molecule has 6 heteroatoms. The molecule has 0 spiro atoms. The molecule has 6 rings (SSSR count). The Morgan fingerprint density at radius 3 is 2.10 bits per heavy atom. The van der Waals surface area contributed by atoms with Crippen molar-refractivity contribution < 1.29 is 13.2 Å². The third-order valence-electron chi connectivity index (χ3n) is 7.45. The minimum Gasteiger partial charge on any atom is -0.496 e. The van der Waals surface area contributed by atoms with Gasteiger partial charge in [0.1, 0.15) is 5.75 Å². The van der Waals surface area contributed by atoms with Crippen LogP contribution in [0.1, 0.15) is 16.7 Å². The Morgan fingerprint density at radius 2 is 1.38 bits per heavy atom. The monoisotopic (exact) mass is 546 g/mol. The van der Waals surface area contributed by atoms with Gasteiger partial charge >= 0.3 is 0 Å². The van der Waals surface area contributed by atoms with Crippen LogP contribution in [0.5, 0.6) is 5.75 Å². The maximum atomic E-state index is 13.6. The van der Waals surface area contributed by atoms with Gasteiger partial charge in [-0.2, -0.15) is 0 Å². The highest BCUT2D eigenvalue weighted by molar-refractivity contribution is 7.92. The Balaban J connectivity index is 1.66. The van der Waals surface area contributed by atoms with Crippen molar-refractivity contribution >= 4 is 37.5 Å². The molecular weight excluding hydrogens is 516 g/mol. The number of hydrogen-bond donors (Lipinski definition) is 1. The second-order valence-electron chi connectivity index (χ2n) is 10.1. The van der Waals surface area contributed by atoms with Gasteiger partial charge in [-0.25, -0.2) is 8.42 Å². The quantitative estimate of drug-likeness (QED) is 0.229. The zero-order valence-electron chi connectivity index (χ0n) is 22.9. The average Bonchev–Trinajstić information content (AvgIpc) is 3.27. The number of hydrogen-bond acceptors (Lipinski definition) is 3. The van der Waals surface area contributed by atoms with E-state index in [2.05, 4.69) is 51.8 Å². The fourth-order valence-corrected chi connectivity index (χ4v) is 6.64. The van der Waals surface area contributed by atoms with E-state index in [-0.39, 0.29) is 4.90 Å². The van der Waals surface area contributed by atoms with Crippen molar-refractivity contribution in [3.05, 3.63) is 120 Å². The maximum absolute atomic E-state index is 13.6. The van der Waals surface area contributed by atoms with Gasteiger partial charge in [0.25, 0.3) is 10.0 Å². The number of sulfonamides is 1. The van der Waals surface area contributed by atoms with E-state index >= 15 is 0 Å². The molecule has 5 nitrogen and oxygen atoms in total. The summed E-state index contributed by atoms with van der Waals surface area (Å²) in [5.41, 5.74) is 8.05. The Labute approximate surface area is 234 Å². The van der Waals surface area contributed by atoms with Gasteiger partial charge in [0.2, 0.25) is 0 Å². The summed E-state index contributed by atoms with van der Waals surface area (Å²) in [5.74, 6) is 0.721. The largest absolute Gasteiger partial charge is 0.496 e. The van der Waals surface area contributed by atoms with E-state index in [1.807, 2.05) is 57.2 Å². The molecule has 5 aromatic carbocycles. The van der Waals surface area contributed by atoms with Crippen LogP contribution in [0.4, 0.5) is 5.69 Å². The molecule has 0 aliphatic carbocycles. The number of para-hydroxylation sites is 1. The van der Waals surface area contributed by atoms with Crippen LogP contribution >= 0.6 is 0 Å². The third-order valence-corrected chi connectivity index (χ3v) is 8.84. The lowest BCUT2D eigenvalue weighted by molar-refractivity contribution is 0.408. The summed E-state index contributed by atoms with van der Waals surface area (Å²) in [6, 6.07) is 33.6. The van der Waals surface area contributed by atoms with Crippen LogP contribution in [-0.2, 0) is 10.0 Å². The van der Waals surface area contributed by atoms with Crippen LogP contribution in [0.15, 0.2) is 108 Å². The van der Waals surface area contributed by atoms with E-state index in [1.165, 1.54) is 0 Å². The lowest BCUT2D eigenvalue weighted by Crippen LogP contribution is -2.16. The molecule has 0 aliphatic heterocycles. The highest BCUT2D eigenvalue weighted by atomic mass is 32.2. The van der Waals surface area contributed by atoms with Gasteiger partial charge < -0.3 is 9.30 Å². The van der Waals surface area contributed by atoms with Crippen molar-refractivity contribution in [2.45, 2.75) is 25.7 Å². The van der Waals surface area contributed by atoms with Crippen LogP contribution in [-0.4, -0.2) is 20.1 Å². The molecule has 0 fully saturated rings. The standard InChI is InChI=1S/C34H30N2O3S/c1-22-14-17-27(18-15-22)40(37,38)35-30-20-23(2)34(39-4)24(3)33(30)36-31-13-9-8-12-28(31)29-19-16-26(21-32(29)36)25-10-6-5-7-11-25/h5-21,35H,1-4H3. The lowest BCUT2D eigenvalue weighted by atomic mass is 10.0. The summed E-state index contributed by atoms with van der Waals surface area (Å²) in [7, 11) is -2.21. The first-order valence-electron chi connectivity index (χ1n) is 13.1. The van der Waals surface area contributed by atoms with Gasteiger partial charge in [-0.05, 0) is 67.8 Å². The summed E-state index contributed by atoms with van der Waals surface area (Å²) in [6.07, 6.45) is 0. The van der Waals surface area contributed by atoms with Gasteiger partial charge in [0.15, 0.2) is 0 Å². The molecule has 0 amide bonds. The normalized spacial score (nSPS) is 11.7. The van der Waals surface area contributed by atoms with Crippen LogP contribution in [0.3, 0.4) is 0 Å². The molecule has 0 bridgehead atoms. The van der Waals surface area contributed by atoms with Gasteiger partial charge in [-0.3, -0.25) is 4.72 Å². The molecule has 1 aromatic heterocycles. The SMILES string of the molecule is COc1c(C)cc(NS(=O)(=O)c2ccc(C)cc2)c(-n2c3ccccc3c3ccc(-c4ccccc4)cc32)c1C. The molecule has 1 N–H and O–H groups in total. The van der Waals surface area contributed by atoms with Gasteiger partial charge in [-0.1, -0.05) is 78.4 Å². The van der Waals surface area contributed by atoms with E-state index in [1.54, 1.807) is 31.4 Å². The van der Waals surface area contributed by atoms with Gasteiger partial charge in [-0.15, -0.1) is 0 Å². The second-order valence-corrected chi connectivity index (χ2v) is 11.8. The molecule has 1 heterocycles. The Morgan fingerprint density at radius 1 is 0.700 bits per heavy atom. The summed E-state index contributed by atoms with van der Waals surface area (Å²) < 4.78 is 38.1. The topological polar surface area (TPSA) is 60.3 Å². The number of aryl methyl sites for hydroxylation is 2. The maximum Gasteiger partial charge on any atom is 0.261 e. The first kappa shape index (κ1) is 25.7. The van der Waals surface area contributed by atoms with Crippen molar-refractivity contribution in [2.24, 2.45) is 0 Å². The van der Waals surface area contributed by atoms with E-state index in [0.29, 0.717) is 5.69 Å². The van der Waals surface area contributed by atoms with Gasteiger partial charge in [0.05, 0.1) is 34.4 Å². The molecule has 0 saturated carbocycles. The van der Waals surface area contributed by atoms with Crippen LogP contribution < -0.4 is 9.46 Å². The Kier molecular flexibility index (Phi) is 6.35. The highest BCUT2D eigenvalue weighted by Crippen LogP contribution is 2.42. The smallest absolute Gasteiger partial charge is 0.261 e. The van der Waals surface area contributed by atoms with E-state index in [4.69, 9.17) is 4.74 Å². The number of fused-ring (bicyclic) bond motifs is 3. The molecule has 0 atom stereocenters. The predicted molar refractivity (Wildman–Crippen MR) is 164 cm³/mol. The fourth-order valence-electron chi connectivity index (χ4n) is 5.58. The number of rotatable bonds is 6. The molecule has 200 valence electrons. The van der Waals surface area contributed by atoms with Crippen LogP contribution in [0, 0.1) is 20.8 Å². The summed E-state index contributed by atoms with van der Waals surface area (Å²) in [6.45, 7) is 5.84. The number of aromatic nitrogens is 1. The lowest BCUT2D eigenvalue weighted by Gasteiger charge is -2.21. The minimum absolute atomic E-state index is 0.212. The summed E-state index contributed by atoms with van der Waals surface area (Å²) >= 11 is 0. The number of nitrogens with one attached hydrogen (secondary N) is 1. The summed E-state index contributed by atoms with van der Waals surface area (Å²) in [4.78, 5) is 0.212. The predicted octanol–water partition coefficient (Wildman–Crippen LogP) is 8.19. The Bertz CT molecular complexity index is 1990. The Hall–Kier alpha value is -4.55. The molecule has 0 radical (unpaired) electrons. The number of nitrogens with zero attached hydrogens (tertiary/aromatic N) is 1. The molecular formula is C34H30N2O3S. The van der Waals surface area contributed by atoms with Crippen molar-refractivity contribution in [3.63, 3.8) is 0 Å². The van der Waals surface area contributed by atoms with E-state index in [0.717, 1.165) is 61.1 Å². The number of anilines is 1. The van der Waals surface area contributed by atoms with Crippen molar-refractivity contribution in [2.75, 3.05) is 11.8 Å². The molecule has 0 aliphatic rings. The molecule has 6 aromatic rings. The summed E-state index contributed by atoms with van der Waals surface area (Å²) in [5, 5.41) is 2.17. The van der Waals surface area contributed by atoms with Crippen molar-refractivity contribution in [3.8, 4) is 22.6 Å². The highest BCUT2D eigenvalue weighted by Gasteiger charge is 2.24. The number of methoxy groups -OCH3 is 1. The molecule has 40 heavy (non-hydrogen) atoms. The minimum atomic E-state index is -3.86. The number of ether oxygens (including phenoxy) is 1. The first-order valence-corrected chi connectivity index (χ1v) is 14.6. The zero-order valence-corrected chi connectivity index (χ0v) is 23.7.